The molecule has 0 saturated heterocycles. The second-order valence-electron chi connectivity index (χ2n) is 6.97. The number of rotatable bonds is 6. The molecule has 0 fully saturated rings. The minimum Gasteiger partial charge on any atom is -0.390 e. The predicted octanol–water partition coefficient (Wildman–Crippen LogP) is 3.41. The van der Waals surface area contributed by atoms with Gasteiger partial charge in [-0.15, -0.1) is 0 Å². The van der Waals surface area contributed by atoms with Gasteiger partial charge in [-0.25, -0.2) is 4.98 Å². The Morgan fingerprint density at radius 3 is 2.75 bits per heavy atom. The fourth-order valence-corrected chi connectivity index (χ4v) is 4.35. The molecule has 3 aromatic rings. The molecule has 0 aliphatic carbocycles. The fourth-order valence-electron chi connectivity index (χ4n) is 3.48. The van der Waals surface area contributed by atoms with Gasteiger partial charge in [0.15, 0.2) is 5.16 Å². The number of thioether (sulfide) groups is 1. The third-order valence-electron chi connectivity index (χ3n) is 5.04. The average Bonchev–Trinajstić information content (AvgIpc) is 3.32. The van der Waals surface area contributed by atoms with Crippen molar-refractivity contribution in [2.24, 2.45) is 0 Å². The lowest BCUT2D eigenvalue weighted by Gasteiger charge is -2.17. The topological polar surface area (TPSA) is 58.4 Å². The normalized spacial score (nSPS) is 13.0. The van der Waals surface area contributed by atoms with Crippen LogP contribution in [0.5, 0.6) is 0 Å². The van der Waals surface area contributed by atoms with Crippen LogP contribution in [0.2, 0.25) is 0 Å². The fraction of sp³-hybridized carbons (Fsp3) is 0.273. The summed E-state index contributed by atoms with van der Waals surface area (Å²) in [4.78, 5) is 19.1. The van der Waals surface area contributed by atoms with Crippen LogP contribution in [-0.2, 0) is 24.4 Å². The molecule has 1 amide bonds. The highest BCUT2D eigenvalue weighted by molar-refractivity contribution is 7.99. The first kappa shape index (κ1) is 18.8. The Labute approximate surface area is 169 Å². The monoisotopic (exact) mass is 393 g/mol. The summed E-state index contributed by atoms with van der Waals surface area (Å²) in [6.45, 7) is 3.34. The number of benzene rings is 2. The molecule has 28 heavy (non-hydrogen) atoms. The van der Waals surface area contributed by atoms with Crippen LogP contribution >= 0.6 is 11.8 Å². The minimum absolute atomic E-state index is 0.0765. The van der Waals surface area contributed by atoms with E-state index in [1.165, 1.54) is 22.9 Å². The largest absolute Gasteiger partial charge is 0.390 e. The Hall–Kier alpha value is -2.57. The maximum Gasteiger partial charge on any atom is 0.237 e. The highest BCUT2D eigenvalue weighted by atomic mass is 32.2. The van der Waals surface area contributed by atoms with Crippen molar-refractivity contribution in [3.8, 4) is 0 Å². The molecular weight excluding hydrogens is 370 g/mol. The number of para-hydroxylation sites is 1. The van der Waals surface area contributed by atoms with Crippen molar-refractivity contribution in [2.75, 3.05) is 17.2 Å². The molecule has 0 spiro atoms. The highest BCUT2D eigenvalue weighted by Gasteiger charge is 2.24. The van der Waals surface area contributed by atoms with Gasteiger partial charge in [0, 0.05) is 18.8 Å². The number of aromatic nitrogens is 2. The van der Waals surface area contributed by atoms with Gasteiger partial charge in [-0.3, -0.25) is 4.79 Å². The molecule has 0 atom stereocenters. The number of hydrogen-bond donors (Lipinski definition) is 1. The van der Waals surface area contributed by atoms with Crippen LogP contribution in [0.4, 0.5) is 5.69 Å². The Bertz CT molecular complexity index is 982. The standard InChI is InChI=1S/C22H23N3O2S/c1-16-6-8-17(9-7-16)13-25-19(14-26)12-23-22(25)28-15-21(27)24-11-10-18-4-2-3-5-20(18)24/h2-9,12,26H,10-11,13-15H2,1H3. The number of aliphatic hydroxyl groups excluding tert-OH is 1. The molecule has 1 aromatic heterocycles. The number of nitrogens with zero attached hydrogens (tertiary/aromatic N) is 3. The van der Waals surface area contributed by atoms with Crippen molar-refractivity contribution >= 4 is 23.4 Å². The Kier molecular flexibility index (Phi) is 5.50. The van der Waals surface area contributed by atoms with Gasteiger partial charge in [0.1, 0.15) is 0 Å². The summed E-state index contributed by atoms with van der Waals surface area (Å²) >= 11 is 1.42. The summed E-state index contributed by atoms with van der Waals surface area (Å²) in [5.74, 6) is 0.412. The van der Waals surface area contributed by atoms with E-state index in [0.29, 0.717) is 12.3 Å². The van der Waals surface area contributed by atoms with Crippen molar-refractivity contribution in [2.45, 2.75) is 31.7 Å². The highest BCUT2D eigenvalue weighted by Crippen LogP contribution is 2.29. The summed E-state index contributed by atoms with van der Waals surface area (Å²) in [6, 6.07) is 16.4. The first-order chi connectivity index (χ1) is 13.7. The molecule has 1 aliphatic heterocycles. The summed E-state index contributed by atoms with van der Waals surface area (Å²) in [7, 11) is 0. The van der Waals surface area contributed by atoms with E-state index in [9.17, 15) is 9.90 Å². The summed E-state index contributed by atoms with van der Waals surface area (Å²) in [5.41, 5.74) is 5.35. The zero-order valence-electron chi connectivity index (χ0n) is 15.8. The van der Waals surface area contributed by atoms with E-state index < -0.39 is 0 Å². The Morgan fingerprint density at radius 1 is 1.18 bits per heavy atom. The van der Waals surface area contributed by atoms with E-state index in [4.69, 9.17) is 0 Å². The molecule has 2 aromatic carbocycles. The van der Waals surface area contributed by atoms with Gasteiger partial charge in [0.25, 0.3) is 0 Å². The Balaban J connectivity index is 1.47. The van der Waals surface area contributed by atoms with Crippen molar-refractivity contribution in [3.05, 3.63) is 77.1 Å². The van der Waals surface area contributed by atoms with Gasteiger partial charge in [0.05, 0.1) is 24.3 Å². The van der Waals surface area contributed by atoms with Gasteiger partial charge in [0.2, 0.25) is 5.91 Å². The molecule has 1 aliphatic rings. The van der Waals surface area contributed by atoms with Crippen LogP contribution in [-0.4, -0.2) is 32.9 Å². The van der Waals surface area contributed by atoms with Crippen LogP contribution in [0.1, 0.15) is 22.4 Å². The van der Waals surface area contributed by atoms with E-state index in [0.717, 1.165) is 35.1 Å². The number of hydrogen-bond acceptors (Lipinski definition) is 4. The molecule has 0 saturated carbocycles. The van der Waals surface area contributed by atoms with Crippen LogP contribution in [0.15, 0.2) is 59.9 Å². The number of aliphatic hydroxyl groups is 1. The van der Waals surface area contributed by atoms with Crippen molar-refractivity contribution in [3.63, 3.8) is 0 Å². The van der Waals surface area contributed by atoms with E-state index in [1.807, 2.05) is 27.7 Å². The van der Waals surface area contributed by atoms with Crippen molar-refractivity contribution < 1.29 is 9.90 Å². The zero-order valence-corrected chi connectivity index (χ0v) is 16.7. The molecule has 0 radical (unpaired) electrons. The summed E-state index contributed by atoms with van der Waals surface area (Å²) < 4.78 is 1.99. The maximum atomic E-state index is 12.8. The number of imidazole rings is 1. The van der Waals surface area contributed by atoms with Gasteiger partial charge < -0.3 is 14.6 Å². The smallest absolute Gasteiger partial charge is 0.237 e. The number of aryl methyl sites for hydroxylation is 1. The summed E-state index contributed by atoms with van der Waals surface area (Å²) in [5, 5.41) is 10.4. The van der Waals surface area contributed by atoms with Gasteiger partial charge in [-0.1, -0.05) is 59.8 Å². The maximum absolute atomic E-state index is 12.8. The molecule has 6 heteroatoms. The van der Waals surface area contributed by atoms with Gasteiger partial charge >= 0.3 is 0 Å². The SMILES string of the molecule is Cc1ccc(Cn2c(CO)cnc2SCC(=O)N2CCc3ccccc32)cc1. The van der Waals surface area contributed by atoms with E-state index in [-0.39, 0.29) is 12.5 Å². The zero-order chi connectivity index (χ0) is 19.5. The van der Waals surface area contributed by atoms with E-state index in [1.54, 1.807) is 6.20 Å². The van der Waals surface area contributed by atoms with Crippen molar-refractivity contribution in [1.29, 1.82) is 0 Å². The van der Waals surface area contributed by atoms with Crippen LogP contribution in [0, 0.1) is 6.92 Å². The van der Waals surface area contributed by atoms with E-state index >= 15 is 0 Å². The Morgan fingerprint density at radius 2 is 1.96 bits per heavy atom. The average molecular weight is 394 g/mol. The van der Waals surface area contributed by atoms with Gasteiger partial charge in [-0.05, 0) is 30.5 Å². The molecule has 0 bridgehead atoms. The molecule has 2 heterocycles. The molecule has 5 nitrogen and oxygen atoms in total. The third kappa shape index (κ3) is 3.84. The quantitative estimate of drug-likeness (QED) is 0.652. The molecule has 144 valence electrons. The van der Waals surface area contributed by atoms with Crippen LogP contribution < -0.4 is 4.90 Å². The first-order valence-corrected chi connectivity index (χ1v) is 10.4. The molecule has 1 N–H and O–H groups in total. The second kappa shape index (κ2) is 8.20. The van der Waals surface area contributed by atoms with Crippen LogP contribution in [0.3, 0.4) is 0 Å². The molecule has 4 rings (SSSR count). The number of amides is 1. The van der Waals surface area contributed by atoms with Gasteiger partial charge in [-0.2, -0.15) is 0 Å². The lowest BCUT2D eigenvalue weighted by atomic mass is 10.1. The first-order valence-electron chi connectivity index (χ1n) is 9.37. The molecule has 0 unspecified atom stereocenters. The second-order valence-corrected chi connectivity index (χ2v) is 7.92. The summed E-state index contributed by atoms with van der Waals surface area (Å²) in [6.07, 6.45) is 2.59. The third-order valence-corrected chi connectivity index (χ3v) is 6.01. The molecular formula is C22H23N3O2S. The number of anilines is 1. The predicted molar refractivity (Wildman–Crippen MR) is 112 cm³/mol. The van der Waals surface area contributed by atoms with E-state index in [2.05, 4.69) is 42.2 Å². The van der Waals surface area contributed by atoms with Crippen molar-refractivity contribution in [1.82, 2.24) is 9.55 Å². The van der Waals surface area contributed by atoms with Crippen LogP contribution in [0.25, 0.3) is 0 Å². The lowest BCUT2D eigenvalue weighted by molar-refractivity contribution is -0.116. The number of carbonyl (C=O) groups excluding carboxylic acids is 1. The minimum atomic E-state index is -0.0765. The number of carbonyl (C=O) groups is 1. The lowest BCUT2D eigenvalue weighted by Crippen LogP contribution is -2.30. The number of fused-ring (bicyclic) bond motifs is 1.